The number of fused-ring (bicyclic) bond motifs is 1. The number of benzene rings is 1. The molecular formula is C16H17ClN2O5. The summed E-state index contributed by atoms with van der Waals surface area (Å²) < 4.78 is 5.57. The van der Waals surface area contributed by atoms with Gasteiger partial charge in [-0.1, -0.05) is 11.6 Å². The molecule has 0 unspecified atom stereocenters. The molecule has 0 atom stereocenters. The second-order valence-corrected chi connectivity index (χ2v) is 5.89. The fourth-order valence-electron chi connectivity index (χ4n) is 2.19. The maximum atomic E-state index is 12.3. The third kappa shape index (κ3) is 3.68. The first kappa shape index (κ1) is 17.8. The number of hydrogen-bond acceptors (Lipinski definition) is 5. The molecule has 0 radical (unpaired) electrons. The van der Waals surface area contributed by atoms with Gasteiger partial charge in [-0.3, -0.25) is 9.59 Å². The number of carbonyl (C=O) groups is 2. The highest BCUT2D eigenvalue weighted by atomic mass is 35.5. The largest absolute Gasteiger partial charge is 0.505 e. The van der Waals surface area contributed by atoms with Crippen LogP contribution in [-0.4, -0.2) is 51.7 Å². The van der Waals surface area contributed by atoms with E-state index in [1.165, 1.54) is 7.05 Å². The minimum atomic E-state index is -1.17. The molecule has 0 aliphatic heterocycles. The lowest BCUT2D eigenvalue weighted by Crippen LogP contribution is -2.32. The van der Waals surface area contributed by atoms with Gasteiger partial charge in [-0.2, -0.15) is 0 Å². The van der Waals surface area contributed by atoms with Crippen molar-refractivity contribution in [3.63, 3.8) is 0 Å². The number of carboxylic acid groups (broad SMARTS) is 1. The fourth-order valence-corrected chi connectivity index (χ4v) is 2.43. The number of aromatic hydroxyl groups is 1. The molecule has 1 aromatic carbocycles. The Labute approximate surface area is 143 Å². The van der Waals surface area contributed by atoms with Crippen LogP contribution in [0.25, 0.3) is 10.8 Å². The number of pyridine rings is 1. The molecule has 7 nitrogen and oxygen atoms in total. The third-order valence-corrected chi connectivity index (χ3v) is 3.48. The molecule has 24 heavy (non-hydrogen) atoms. The fraction of sp³-hybridized carbons (Fsp3) is 0.312. The van der Waals surface area contributed by atoms with E-state index in [9.17, 15) is 14.7 Å². The van der Waals surface area contributed by atoms with Gasteiger partial charge in [0.2, 0.25) is 0 Å². The minimum Gasteiger partial charge on any atom is -0.505 e. The van der Waals surface area contributed by atoms with Gasteiger partial charge in [-0.05, 0) is 32.0 Å². The number of amides is 1. The van der Waals surface area contributed by atoms with Crippen LogP contribution < -0.4 is 4.74 Å². The molecule has 0 fully saturated rings. The highest BCUT2D eigenvalue weighted by molar-refractivity contribution is 6.35. The molecular weight excluding hydrogens is 336 g/mol. The first-order chi connectivity index (χ1) is 11.2. The summed E-state index contributed by atoms with van der Waals surface area (Å²) in [5.41, 5.74) is -0.297. The first-order valence-corrected chi connectivity index (χ1v) is 7.54. The van der Waals surface area contributed by atoms with Gasteiger partial charge in [-0.25, -0.2) is 4.98 Å². The molecule has 1 amide bonds. The zero-order chi connectivity index (χ0) is 18.0. The lowest BCUT2D eigenvalue weighted by atomic mass is 10.1. The van der Waals surface area contributed by atoms with Crippen molar-refractivity contribution in [3.05, 3.63) is 29.0 Å². The van der Waals surface area contributed by atoms with Crippen molar-refractivity contribution in [1.29, 1.82) is 0 Å². The highest BCUT2D eigenvalue weighted by Gasteiger charge is 2.23. The molecule has 0 spiro atoms. The normalized spacial score (nSPS) is 10.9. The van der Waals surface area contributed by atoms with Gasteiger partial charge in [0.05, 0.1) is 6.10 Å². The zero-order valence-corrected chi connectivity index (χ0v) is 14.2. The molecule has 2 N–H and O–H groups in total. The quantitative estimate of drug-likeness (QED) is 0.802. The summed E-state index contributed by atoms with van der Waals surface area (Å²) in [6.45, 7) is 3.24. The van der Waals surface area contributed by atoms with Gasteiger partial charge < -0.3 is 19.8 Å². The second-order valence-electron chi connectivity index (χ2n) is 5.53. The van der Waals surface area contributed by atoms with E-state index in [0.29, 0.717) is 16.5 Å². The van der Waals surface area contributed by atoms with Crippen molar-refractivity contribution in [2.24, 2.45) is 0 Å². The first-order valence-electron chi connectivity index (χ1n) is 7.16. The molecule has 0 aliphatic carbocycles. The van der Waals surface area contributed by atoms with E-state index in [2.05, 4.69) is 4.98 Å². The van der Waals surface area contributed by atoms with Crippen LogP contribution in [-0.2, 0) is 4.79 Å². The summed E-state index contributed by atoms with van der Waals surface area (Å²) in [4.78, 5) is 27.8. The lowest BCUT2D eigenvalue weighted by molar-refractivity contribution is -0.137. The third-order valence-electron chi connectivity index (χ3n) is 3.20. The number of ether oxygens (including phenoxy) is 1. The number of aliphatic carboxylic acids is 1. The predicted octanol–water partition coefficient (Wildman–Crippen LogP) is 2.54. The van der Waals surface area contributed by atoms with Gasteiger partial charge in [-0.15, -0.1) is 0 Å². The van der Waals surface area contributed by atoms with Crippen LogP contribution in [0, 0.1) is 0 Å². The number of rotatable bonds is 5. The zero-order valence-electron chi connectivity index (χ0n) is 13.4. The molecule has 0 saturated carbocycles. The van der Waals surface area contributed by atoms with Gasteiger partial charge in [0.15, 0.2) is 11.4 Å². The Morgan fingerprint density at radius 1 is 1.33 bits per heavy atom. The Morgan fingerprint density at radius 2 is 2.00 bits per heavy atom. The van der Waals surface area contributed by atoms with E-state index in [0.717, 1.165) is 4.90 Å². The van der Waals surface area contributed by atoms with E-state index in [1.807, 2.05) is 13.8 Å². The molecule has 0 aliphatic rings. The van der Waals surface area contributed by atoms with E-state index in [-0.39, 0.29) is 22.7 Å². The number of hydrogen-bond donors (Lipinski definition) is 2. The summed E-state index contributed by atoms with van der Waals surface area (Å²) in [6.07, 6.45) is -0.0340. The molecule has 2 rings (SSSR count). The Morgan fingerprint density at radius 3 is 2.58 bits per heavy atom. The summed E-state index contributed by atoms with van der Waals surface area (Å²) in [5.74, 6) is -1.70. The van der Waals surface area contributed by atoms with Crippen LogP contribution >= 0.6 is 11.6 Å². The van der Waals surface area contributed by atoms with Crippen LogP contribution in [0.3, 0.4) is 0 Å². The van der Waals surface area contributed by atoms with Crippen molar-refractivity contribution in [2.45, 2.75) is 20.0 Å². The van der Waals surface area contributed by atoms with E-state index in [1.54, 1.807) is 18.2 Å². The minimum absolute atomic E-state index is 0.0177. The summed E-state index contributed by atoms with van der Waals surface area (Å²) in [6, 6.07) is 4.84. The molecule has 128 valence electrons. The van der Waals surface area contributed by atoms with E-state index < -0.39 is 18.4 Å². The average molecular weight is 353 g/mol. The topological polar surface area (TPSA) is 100.0 Å². The number of halogens is 1. The number of aromatic nitrogens is 1. The Balaban J connectivity index is 2.49. The van der Waals surface area contributed by atoms with Gasteiger partial charge in [0.1, 0.15) is 17.4 Å². The van der Waals surface area contributed by atoms with Crippen LogP contribution in [0.4, 0.5) is 0 Å². The SMILES string of the molecule is CC(C)Oc1ccc2c(O)c(C(=O)N(C)CC(=O)O)nc(Cl)c2c1. The molecule has 0 bridgehead atoms. The molecule has 1 heterocycles. The number of carboxylic acids is 1. The maximum absolute atomic E-state index is 12.3. The Kier molecular flexibility index (Phi) is 5.14. The van der Waals surface area contributed by atoms with Crippen molar-refractivity contribution >= 4 is 34.2 Å². The molecule has 2 aromatic rings. The van der Waals surface area contributed by atoms with Gasteiger partial charge >= 0.3 is 5.97 Å². The molecule has 1 aromatic heterocycles. The van der Waals surface area contributed by atoms with Crippen molar-refractivity contribution in [2.75, 3.05) is 13.6 Å². The lowest BCUT2D eigenvalue weighted by Gasteiger charge is -2.16. The van der Waals surface area contributed by atoms with Gasteiger partial charge in [0.25, 0.3) is 5.91 Å². The number of likely N-dealkylation sites (N-methyl/N-ethyl adjacent to an activating group) is 1. The Hall–Kier alpha value is -2.54. The standard InChI is InChI=1S/C16H17ClN2O5/c1-8(2)24-9-4-5-10-11(6-9)15(17)18-13(14(10)22)16(23)19(3)7-12(20)21/h4-6,8,22H,7H2,1-3H3,(H,20,21). The Bertz CT molecular complexity index is 807. The van der Waals surface area contributed by atoms with Crippen molar-refractivity contribution in [3.8, 4) is 11.5 Å². The number of nitrogens with zero attached hydrogens (tertiary/aromatic N) is 2. The summed E-state index contributed by atoms with van der Waals surface area (Å²) in [7, 11) is 1.30. The van der Waals surface area contributed by atoms with E-state index in [4.69, 9.17) is 21.4 Å². The molecule has 8 heteroatoms. The average Bonchev–Trinajstić information content (AvgIpc) is 2.48. The maximum Gasteiger partial charge on any atom is 0.323 e. The van der Waals surface area contributed by atoms with Crippen LogP contribution in [0.15, 0.2) is 18.2 Å². The van der Waals surface area contributed by atoms with Crippen LogP contribution in [0.1, 0.15) is 24.3 Å². The molecule has 0 saturated heterocycles. The number of carbonyl (C=O) groups excluding carboxylic acids is 1. The van der Waals surface area contributed by atoms with Crippen molar-refractivity contribution in [1.82, 2.24) is 9.88 Å². The second kappa shape index (κ2) is 6.92. The van der Waals surface area contributed by atoms with Crippen LogP contribution in [0.2, 0.25) is 5.15 Å². The predicted molar refractivity (Wildman–Crippen MR) is 88.8 cm³/mol. The van der Waals surface area contributed by atoms with Gasteiger partial charge in [0, 0.05) is 17.8 Å². The highest BCUT2D eigenvalue weighted by Crippen LogP contribution is 2.35. The smallest absolute Gasteiger partial charge is 0.323 e. The summed E-state index contributed by atoms with van der Waals surface area (Å²) in [5, 5.41) is 19.9. The van der Waals surface area contributed by atoms with Crippen LogP contribution in [0.5, 0.6) is 11.5 Å². The van der Waals surface area contributed by atoms with Crippen molar-refractivity contribution < 1.29 is 24.5 Å². The van der Waals surface area contributed by atoms with E-state index >= 15 is 0 Å². The monoisotopic (exact) mass is 352 g/mol. The summed E-state index contributed by atoms with van der Waals surface area (Å²) >= 11 is 6.13.